The fourth-order valence-corrected chi connectivity index (χ4v) is 1.72. The van der Waals surface area contributed by atoms with Crippen LogP contribution in [0.2, 0.25) is 0 Å². The average molecular weight is 273 g/mol. The molecule has 0 aliphatic carbocycles. The fourth-order valence-electron chi connectivity index (χ4n) is 1.72. The largest absolute Gasteiger partial charge is 0.426 e. The number of hydrazine groups is 1. The standard InChI is InChI=1S/C12H14F3N3O/c1-2-7-16-10(19)8-3-5-9(6-4-8)11(17-18-11)12(13,14)15/h3-6,17-18H,2,7H2,1H3,(H,16,19). The lowest BCUT2D eigenvalue weighted by Crippen LogP contribution is -2.34. The SMILES string of the molecule is CCCNC(=O)c1ccc(C2(C(F)(F)F)NN2)cc1. The van der Waals surface area contributed by atoms with Crippen molar-refractivity contribution in [3.05, 3.63) is 35.4 Å². The van der Waals surface area contributed by atoms with E-state index < -0.39 is 11.8 Å². The maximum absolute atomic E-state index is 12.8. The van der Waals surface area contributed by atoms with E-state index in [1.165, 1.54) is 24.3 Å². The summed E-state index contributed by atoms with van der Waals surface area (Å²) in [6.45, 7) is 2.46. The van der Waals surface area contributed by atoms with E-state index in [-0.39, 0.29) is 11.5 Å². The van der Waals surface area contributed by atoms with Gasteiger partial charge in [0.15, 0.2) is 0 Å². The van der Waals surface area contributed by atoms with Crippen LogP contribution in [-0.4, -0.2) is 18.6 Å². The number of amides is 1. The molecule has 19 heavy (non-hydrogen) atoms. The second kappa shape index (κ2) is 4.82. The van der Waals surface area contributed by atoms with Crippen LogP contribution in [0.1, 0.15) is 29.3 Å². The van der Waals surface area contributed by atoms with Crippen LogP contribution in [0.15, 0.2) is 24.3 Å². The molecule has 0 aromatic heterocycles. The minimum absolute atomic E-state index is 0.0343. The molecule has 0 bridgehead atoms. The van der Waals surface area contributed by atoms with Gasteiger partial charge in [0.1, 0.15) is 0 Å². The minimum atomic E-state index is -4.43. The molecule has 1 aromatic rings. The van der Waals surface area contributed by atoms with Gasteiger partial charge in [-0.3, -0.25) is 4.79 Å². The first kappa shape index (κ1) is 13.8. The van der Waals surface area contributed by atoms with Crippen LogP contribution >= 0.6 is 0 Å². The molecule has 4 nitrogen and oxygen atoms in total. The molecule has 1 heterocycles. The second-order valence-electron chi connectivity index (χ2n) is 4.33. The molecule has 7 heteroatoms. The van der Waals surface area contributed by atoms with Crippen LogP contribution < -0.4 is 16.2 Å². The van der Waals surface area contributed by atoms with Crippen LogP contribution in [0, 0.1) is 0 Å². The molecule has 1 saturated heterocycles. The molecular formula is C12H14F3N3O. The molecular weight excluding hydrogens is 259 g/mol. The van der Waals surface area contributed by atoms with Crippen molar-refractivity contribution in [2.45, 2.75) is 25.2 Å². The zero-order valence-corrected chi connectivity index (χ0v) is 10.3. The zero-order valence-electron chi connectivity index (χ0n) is 10.3. The summed E-state index contributed by atoms with van der Waals surface area (Å²) in [5.74, 6) is -0.286. The highest BCUT2D eigenvalue weighted by molar-refractivity contribution is 5.94. The van der Waals surface area contributed by atoms with Crippen LogP contribution in [0.4, 0.5) is 13.2 Å². The van der Waals surface area contributed by atoms with Gasteiger partial charge in [-0.1, -0.05) is 19.1 Å². The third-order valence-electron chi connectivity index (χ3n) is 2.92. The lowest BCUT2D eigenvalue weighted by molar-refractivity contribution is -0.165. The van der Waals surface area contributed by atoms with Crippen molar-refractivity contribution >= 4 is 5.91 Å². The van der Waals surface area contributed by atoms with Crippen molar-refractivity contribution in [2.24, 2.45) is 0 Å². The van der Waals surface area contributed by atoms with Gasteiger partial charge in [0.05, 0.1) is 0 Å². The van der Waals surface area contributed by atoms with Crippen molar-refractivity contribution in [1.29, 1.82) is 0 Å². The van der Waals surface area contributed by atoms with Crippen LogP contribution in [0.3, 0.4) is 0 Å². The van der Waals surface area contributed by atoms with Gasteiger partial charge in [-0.25, -0.2) is 10.9 Å². The fraction of sp³-hybridized carbons (Fsp3) is 0.417. The van der Waals surface area contributed by atoms with Gasteiger partial charge in [-0.05, 0) is 24.1 Å². The molecule has 3 N–H and O–H groups in total. The van der Waals surface area contributed by atoms with E-state index in [1.807, 2.05) is 6.92 Å². The summed E-state index contributed by atoms with van der Waals surface area (Å²) in [7, 11) is 0. The first-order valence-corrected chi connectivity index (χ1v) is 5.90. The lowest BCUT2D eigenvalue weighted by Gasteiger charge is -2.16. The summed E-state index contributed by atoms with van der Waals surface area (Å²) in [5.41, 5.74) is 2.42. The van der Waals surface area contributed by atoms with Crippen molar-refractivity contribution in [2.75, 3.05) is 6.54 Å². The number of alkyl halides is 3. The maximum Gasteiger partial charge on any atom is 0.426 e. The summed E-state index contributed by atoms with van der Waals surface area (Å²) in [6.07, 6.45) is -3.63. The summed E-state index contributed by atoms with van der Waals surface area (Å²) >= 11 is 0. The molecule has 0 radical (unpaired) electrons. The highest BCUT2D eigenvalue weighted by Gasteiger charge is 2.65. The molecule has 0 atom stereocenters. The second-order valence-corrected chi connectivity index (χ2v) is 4.33. The Morgan fingerprint density at radius 2 is 1.84 bits per heavy atom. The Bertz CT molecular complexity index is 466. The third kappa shape index (κ3) is 2.57. The molecule has 0 unspecified atom stereocenters. The summed E-state index contributed by atoms with van der Waals surface area (Å²) in [5, 5.41) is 2.66. The van der Waals surface area contributed by atoms with Crippen molar-refractivity contribution in [3.63, 3.8) is 0 Å². The molecule has 1 amide bonds. The van der Waals surface area contributed by atoms with E-state index in [2.05, 4.69) is 16.2 Å². The van der Waals surface area contributed by atoms with E-state index >= 15 is 0 Å². The number of carbonyl (C=O) groups excluding carboxylic acids is 1. The Hall–Kier alpha value is -1.60. The Labute approximate surface area is 108 Å². The minimum Gasteiger partial charge on any atom is -0.352 e. The number of rotatable bonds is 4. The smallest absolute Gasteiger partial charge is 0.352 e. The number of hydrogen-bond acceptors (Lipinski definition) is 3. The molecule has 0 spiro atoms. The molecule has 104 valence electrons. The van der Waals surface area contributed by atoms with Gasteiger partial charge in [0, 0.05) is 12.1 Å². The number of nitrogens with one attached hydrogen (secondary N) is 3. The molecule has 1 aliphatic heterocycles. The highest BCUT2D eigenvalue weighted by atomic mass is 19.4. The van der Waals surface area contributed by atoms with E-state index in [9.17, 15) is 18.0 Å². The van der Waals surface area contributed by atoms with E-state index in [0.29, 0.717) is 12.1 Å². The summed E-state index contributed by atoms with van der Waals surface area (Å²) < 4.78 is 38.4. The van der Waals surface area contributed by atoms with Crippen molar-refractivity contribution in [1.82, 2.24) is 16.2 Å². The first-order chi connectivity index (χ1) is 8.90. The van der Waals surface area contributed by atoms with Crippen LogP contribution in [-0.2, 0) is 5.66 Å². The van der Waals surface area contributed by atoms with Gasteiger partial charge in [0.25, 0.3) is 5.91 Å². The molecule has 0 saturated carbocycles. The Morgan fingerprint density at radius 1 is 1.26 bits per heavy atom. The third-order valence-corrected chi connectivity index (χ3v) is 2.92. The predicted molar refractivity (Wildman–Crippen MR) is 63.1 cm³/mol. The molecule has 2 rings (SSSR count). The number of carbonyl (C=O) groups is 1. The number of halogens is 3. The van der Waals surface area contributed by atoms with Crippen molar-refractivity contribution in [3.8, 4) is 0 Å². The summed E-state index contributed by atoms with van der Waals surface area (Å²) in [4.78, 5) is 11.6. The number of benzene rings is 1. The zero-order chi connectivity index (χ0) is 14.1. The van der Waals surface area contributed by atoms with Gasteiger partial charge in [-0.15, -0.1) is 0 Å². The topological polar surface area (TPSA) is 73.0 Å². The normalized spacial score (nSPS) is 17.1. The maximum atomic E-state index is 12.8. The molecule has 1 aliphatic rings. The molecule has 1 fully saturated rings. The monoisotopic (exact) mass is 273 g/mol. The Kier molecular flexibility index (Phi) is 3.51. The highest BCUT2D eigenvalue weighted by Crippen LogP contribution is 2.41. The lowest BCUT2D eigenvalue weighted by atomic mass is 10.0. The van der Waals surface area contributed by atoms with Crippen LogP contribution in [0.25, 0.3) is 0 Å². The number of hydrogen-bond donors (Lipinski definition) is 3. The van der Waals surface area contributed by atoms with Crippen molar-refractivity contribution < 1.29 is 18.0 Å². The predicted octanol–water partition coefficient (Wildman–Crippen LogP) is 1.65. The Balaban J connectivity index is 2.14. The Morgan fingerprint density at radius 3 is 2.26 bits per heavy atom. The van der Waals surface area contributed by atoms with E-state index in [0.717, 1.165) is 6.42 Å². The van der Waals surface area contributed by atoms with Gasteiger partial charge >= 0.3 is 6.18 Å². The average Bonchev–Trinajstić information content (AvgIpc) is 3.17. The van der Waals surface area contributed by atoms with Gasteiger partial charge in [0.2, 0.25) is 5.66 Å². The van der Waals surface area contributed by atoms with E-state index in [1.54, 1.807) is 0 Å². The molecule has 1 aromatic carbocycles. The van der Waals surface area contributed by atoms with Gasteiger partial charge in [-0.2, -0.15) is 13.2 Å². The summed E-state index contributed by atoms with van der Waals surface area (Å²) in [6, 6.07) is 5.35. The quantitative estimate of drug-likeness (QED) is 0.730. The first-order valence-electron chi connectivity index (χ1n) is 5.90. The van der Waals surface area contributed by atoms with Gasteiger partial charge < -0.3 is 5.32 Å². The van der Waals surface area contributed by atoms with E-state index in [4.69, 9.17) is 0 Å². The van der Waals surface area contributed by atoms with Crippen LogP contribution in [0.5, 0.6) is 0 Å².